The van der Waals surface area contributed by atoms with Crippen molar-refractivity contribution < 1.29 is 4.42 Å². The predicted molar refractivity (Wildman–Crippen MR) is 254 cm³/mol. The number of benzene rings is 10. The molecule has 61 heavy (non-hydrogen) atoms. The van der Waals surface area contributed by atoms with Crippen LogP contribution in [0, 0.1) is 0 Å². The summed E-state index contributed by atoms with van der Waals surface area (Å²) in [5.41, 5.74) is 13.5. The summed E-state index contributed by atoms with van der Waals surface area (Å²) < 4.78 is 9.11. The molecule has 0 saturated carbocycles. The van der Waals surface area contributed by atoms with Crippen LogP contribution in [0.3, 0.4) is 0 Å². The van der Waals surface area contributed by atoms with Crippen molar-refractivity contribution in [2.24, 2.45) is 0 Å². The number of hydrogen-bond donors (Lipinski definition) is 0. The van der Waals surface area contributed by atoms with Crippen LogP contribution >= 0.6 is 0 Å². The van der Waals surface area contributed by atoms with Crippen LogP contribution in [-0.4, -0.2) is 9.55 Å². The molecule has 4 heteroatoms. The molecule has 12 rings (SSSR count). The van der Waals surface area contributed by atoms with E-state index >= 15 is 0 Å². The highest BCUT2D eigenvalue weighted by atomic mass is 16.3. The lowest BCUT2D eigenvalue weighted by molar-refractivity contribution is 0.620. The van der Waals surface area contributed by atoms with Gasteiger partial charge in [-0.3, -0.25) is 0 Å². The van der Waals surface area contributed by atoms with Gasteiger partial charge in [0, 0.05) is 33.4 Å². The molecule has 2 heterocycles. The van der Waals surface area contributed by atoms with Crippen LogP contribution < -0.4 is 4.90 Å². The second kappa shape index (κ2) is 14.3. The molecule has 10 aromatic carbocycles. The molecule has 0 bridgehead atoms. The Labute approximate surface area is 352 Å². The minimum absolute atomic E-state index is 0.594. The molecule has 0 aliphatic carbocycles. The lowest BCUT2D eigenvalue weighted by atomic mass is 9.94. The fourth-order valence-electron chi connectivity index (χ4n) is 9.25. The second-order valence-electron chi connectivity index (χ2n) is 15.5. The second-order valence-corrected chi connectivity index (χ2v) is 15.5. The molecule has 0 aliphatic rings. The Bertz CT molecular complexity index is 3580. The molecular formula is C57H37N3O. The monoisotopic (exact) mass is 779 g/mol. The van der Waals surface area contributed by atoms with Gasteiger partial charge in [0.1, 0.15) is 5.52 Å². The molecule has 0 unspecified atom stereocenters. The Morgan fingerprint density at radius 2 is 1.07 bits per heavy atom. The number of fused-ring (bicyclic) bond motifs is 7. The standard InChI is InChI=1S/C57H37N3O/c1-3-17-40(18-4-1)57-58-51-29-15-31-53(56(51)61-57)59(43-34-32-39(33-35-43)46-28-14-19-38-16-7-8-24-45(38)46)44-23-13-20-41(36-44)50-37-54-55(48-26-10-9-25-47(48)50)49-27-11-12-30-52(49)60(54)42-21-5-2-6-22-42/h1-37H. The third-order valence-electron chi connectivity index (χ3n) is 12.0. The molecular weight excluding hydrogens is 743 g/mol. The van der Waals surface area contributed by atoms with E-state index in [9.17, 15) is 0 Å². The fourth-order valence-corrected chi connectivity index (χ4v) is 9.25. The topological polar surface area (TPSA) is 34.2 Å². The van der Waals surface area contributed by atoms with E-state index in [1.54, 1.807) is 0 Å². The summed E-state index contributed by atoms with van der Waals surface area (Å²) in [6, 6.07) is 79.9. The normalized spacial score (nSPS) is 11.6. The van der Waals surface area contributed by atoms with Crippen LogP contribution in [0.1, 0.15) is 0 Å². The first-order valence-corrected chi connectivity index (χ1v) is 20.7. The van der Waals surface area contributed by atoms with Crippen LogP contribution in [0.5, 0.6) is 0 Å². The molecule has 0 atom stereocenters. The Balaban J connectivity index is 1.07. The highest BCUT2D eigenvalue weighted by molar-refractivity contribution is 6.24. The van der Waals surface area contributed by atoms with Crippen LogP contribution in [0.2, 0.25) is 0 Å². The van der Waals surface area contributed by atoms with E-state index in [2.05, 4.69) is 198 Å². The van der Waals surface area contributed by atoms with Gasteiger partial charge in [0.25, 0.3) is 0 Å². The van der Waals surface area contributed by atoms with Crippen molar-refractivity contribution in [2.75, 3.05) is 4.90 Å². The van der Waals surface area contributed by atoms with Crippen LogP contribution in [0.4, 0.5) is 17.1 Å². The van der Waals surface area contributed by atoms with Gasteiger partial charge in [-0.05, 0) is 117 Å². The van der Waals surface area contributed by atoms with Crippen molar-refractivity contribution in [3.05, 3.63) is 224 Å². The van der Waals surface area contributed by atoms with E-state index in [4.69, 9.17) is 9.40 Å². The summed E-state index contributed by atoms with van der Waals surface area (Å²) in [5.74, 6) is 0.594. The predicted octanol–water partition coefficient (Wildman–Crippen LogP) is 15.7. The van der Waals surface area contributed by atoms with Gasteiger partial charge < -0.3 is 13.9 Å². The molecule has 0 aliphatic heterocycles. The first-order chi connectivity index (χ1) is 30.3. The smallest absolute Gasteiger partial charge is 0.227 e. The van der Waals surface area contributed by atoms with Gasteiger partial charge in [0.05, 0.1) is 16.7 Å². The lowest BCUT2D eigenvalue weighted by Crippen LogP contribution is -2.10. The number of nitrogens with zero attached hydrogens (tertiary/aromatic N) is 3. The minimum atomic E-state index is 0.594. The largest absolute Gasteiger partial charge is 0.434 e. The summed E-state index contributed by atoms with van der Waals surface area (Å²) in [6.07, 6.45) is 0. The molecule has 2 aromatic heterocycles. The summed E-state index contributed by atoms with van der Waals surface area (Å²) in [5, 5.41) is 7.40. The first kappa shape index (κ1) is 34.8. The molecule has 12 aromatic rings. The van der Waals surface area contributed by atoms with Gasteiger partial charge in [-0.1, -0.05) is 152 Å². The van der Waals surface area contributed by atoms with Crippen molar-refractivity contribution in [1.29, 1.82) is 0 Å². The lowest BCUT2D eigenvalue weighted by Gasteiger charge is -2.26. The van der Waals surface area contributed by atoms with Gasteiger partial charge in [0.2, 0.25) is 5.89 Å². The Kier molecular flexibility index (Phi) is 8.13. The third kappa shape index (κ3) is 5.80. The molecule has 0 radical (unpaired) electrons. The van der Waals surface area contributed by atoms with Crippen molar-refractivity contribution in [3.63, 3.8) is 0 Å². The maximum Gasteiger partial charge on any atom is 0.227 e. The van der Waals surface area contributed by atoms with Crippen molar-refractivity contribution in [3.8, 4) is 39.4 Å². The zero-order chi connectivity index (χ0) is 40.3. The number of oxazole rings is 1. The number of rotatable bonds is 7. The number of para-hydroxylation sites is 3. The highest BCUT2D eigenvalue weighted by Crippen LogP contribution is 2.45. The quantitative estimate of drug-likeness (QED) is 0.162. The number of aromatic nitrogens is 2. The van der Waals surface area contributed by atoms with E-state index < -0.39 is 0 Å². The Morgan fingerprint density at radius 1 is 0.410 bits per heavy atom. The zero-order valence-electron chi connectivity index (χ0n) is 33.1. The highest BCUT2D eigenvalue weighted by Gasteiger charge is 2.22. The van der Waals surface area contributed by atoms with Crippen LogP contribution in [-0.2, 0) is 0 Å². The molecule has 0 spiro atoms. The van der Waals surface area contributed by atoms with Crippen molar-refractivity contribution in [2.45, 2.75) is 0 Å². The van der Waals surface area contributed by atoms with Crippen molar-refractivity contribution in [1.82, 2.24) is 9.55 Å². The molecule has 0 amide bonds. The fraction of sp³-hybridized carbons (Fsp3) is 0. The Morgan fingerprint density at radius 3 is 1.90 bits per heavy atom. The van der Waals surface area contributed by atoms with E-state index in [1.807, 2.05) is 36.4 Å². The summed E-state index contributed by atoms with van der Waals surface area (Å²) >= 11 is 0. The molecule has 0 fully saturated rings. The van der Waals surface area contributed by atoms with Gasteiger partial charge in [-0.2, -0.15) is 0 Å². The van der Waals surface area contributed by atoms with E-state index in [-0.39, 0.29) is 0 Å². The van der Waals surface area contributed by atoms with Gasteiger partial charge >= 0.3 is 0 Å². The van der Waals surface area contributed by atoms with Crippen molar-refractivity contribution >= 4 is 71.5 Å². The maximum absolute atomic E-state index is 6.70. The van der Waals surface area contributed by atoms with Gasteiger partial charge in [0.15, 0.2) is 5.58 Å². The first-order valence-electron chi connectivity index (χ1n) is 20.7. The van der Waals surface area contributed by atoms with Gasteiger partial charge in [-0.15, -0.1) is 0 Å². The van der Waals surface area contributed by atoms with E-state index in [0.29, 0.717) is 5.89 Å². The van der Waals surface area contributed by atoms with E-state index in [1.165, 1.54) is 54.5 Å². The molecule has 0 N–H and O–H groups in total. The maximum atomic E-state index is 6.70. The zero-order valence-corrected chi connectivity index (χ0v) is 33.1. The number of hydrogen-bond acceptors (Lipinski definition) is 3. The summed E-state index contributed by atoms with van der Waals surface area (Å²) in [4.78, 5) is 7.29. The average Bonchev–Trinajstić information content (AvgIpc) is 3.93. The average molecular weight is 780 g/mol. The minimum Gasteiger partial charge on any atom is -0.434 e. The van der Waals surface area contributed by atoms with Crippen LogP contribution in [0.25, 0.3) is 93.8 Å². The SMILES string of the molecule is c1ccc(-c2nc3cccc(N(c4ccc(-c5cccc6ccccc56)cc4)c4cccc(-c5cc6c(c7ccccc57)c5ccccc5n6-c5ccccc5)c4)c3o2)cc1. The molecule has 286 valence electrons. The molecule has 0 saturated heterocycles. The van der Waals surface area contributed by atoms with E-state index in [0.717, 1.165) is 50.5 Å². The number of anilines is 3. The Hall–Kier alpha value is -8.21. The van der Waals surface area contributed by atoms with Gasteiger partial charge in [-0.25, -0.2) is 4.98 Å². The van der Waals surface area contributed by atoms with Crippen LogP contribution in [0.15, 0.2) is 229 Å². The summed E-state index contributed by atoms with van der Waals surface area (Å²) in [6.45, 7) is 0. The molecule has 4 nitrogen and oxygen atoms in total. The third-order valence-corrected chi connectivity index (χ3v) is 12.0. The summed E-state index contributed by atoms with van der Waals surface area (Å²) in [7, 11) is 0.